The van der Waals surface area contributed by atoms with Crippen molar-refractivity contribution in [1.82, 2.24) is 9.62 Å². The van der Waals surface area contributed by atoms with Gasteiger partial charge < -0.3 is 15.5 Å². The third kappa shape index (κ3) is 4.15. The Morgan fingerprint density at radius 3 is 2.40 bits per heavy atom. The lowest BCUT2D eigenvalue weighted by molar-refractivity contribution is -0.145. The number of carbonyl (C=O) groups excluding carboxylic acids is 1. The van der Waals surface area contributed by atoms with Gasteiger partial charge in [-0.15, -0.1) is 0 Å². The van der Waals surface area contributed by atoms with Gasteiger partial charge in [0.05, 0.1) is 12.4 Å². The summed E-state index contributed by atoms with van der Waals surface area (Å²) in [6.45, 7) is 1.48. The van der Waals surface area contributed by atoms with E-state index < -0.39 is 40.1 Å². The smallest absolute Gasteiger partial charge is 0.328 e. The van der Waals surface area contributed by atoms with Crippen LogP contribution in [0.25, 0.3) is 0 Å². The zero-order valence-corrected chi connectivity index (χ0v) is 12.3. The van der Waals surface area contributed by atoms with Crippen LogP contribution in [-0.4, -0.2) is 65.8 Å². The van der Waals surface area contributed by atoms with Gasteiger partial charge in [-0.2, -0.15) is 4.31 Å². The number of carboxylic acids is 1. The van der Waals surface area contributed by atoms with Crippen LogP contribution in [0.1, 0.15) is 26.2 Å². The van der Waals surface area contributed by atoms with Crippen LogP contribution in [0, 0.1) is 0 Å². The lowest BCUT2D eigenvalue weighted by atomic mass is 10.0. The van der Waals surface area contributed by atoms with Crippen molar-refractivity contribution in [3.8, 4) is 0 Å². The molecule has 1 amide bonds. The minimum atomic E-state index is -3.53. The molecule has 3 atom stereocenters. The van der Waals surface area contributed by atoms with E-state index in [1.165, 1.54) is 6.92 Å². The number of carboxylic acid groups (broad SMARTS) is 1. The van der Waals surface area contributed by atoms with Crippen molar-refractivity contribution in [3.05, 3.63) is 0 Å². The Balaban J connectivity index is 2.86. The number of aliphatic carboxylic acids is 1. The minimum absolute atomic E-state index is 0.239. The van der Waals surface area contributed by atoms with Gasteiger partial charge in [-0.25, -0.2) is 13.2 Å². The number of carbonyl (C=O) groups is 2. The van der Waals surface area contributed by atoms with Gasteiger partial charge in [0, 0.05) is 6.54 Å². The molecular weight excluding hydrogens is 288 g/mol. The fourth-order valence-corrected chi connectivity index (χ4v) is 3.33. The molecule has 1 saturated heterocycles. The van der Waals surface area contributed by atoms with Crippen molar-refractivity contribution >= 4 is 21.9 Å². The first-order valence-electron chi connectivity index (χ1n) is 6.32. The molecule has 20 heavy (non-hydrogen) atoms. The average Bonchev–Trinajstić information content (AvgIpc) is 2.33. The number of hydrogen-bond donors (Lipinski definition) is 3. The second kappa shape index (κ2) is 6.51. The Morgan fingerprint density at radius 1 is 1.35 bits per heavy atom. The van der Waals surface area contributed by atoms with E-state index in [0.29, 0.717) is 19.3 Å². The molecule has 3 N–H and O–H groups in total. The van der Waals surface area contributed by atoms with E-state index in [9.17, 15) is 23.1 Å². The number of nitrogens with zero attached hydrogens (tertiary/aromatic N) is 1. The van der Waals surface area contributed by atoms with Crippen molar-refractivity contribution in [3.63, 3.8) is 0 Å². The number of aliphatic hydroxyl groups is 1. The number of nitrogens with one attached hydrogen (secondary N) is 1. The number of piperidine rings is 1. The molecule has 1 rings (SSSR count). The monoisotopic (exact) mass is 308 g/mol. The summed E-state index contributed by atoms with van der Waals surface area (Å²) in [5.41, 5.74) is 0. The standard InChI is InChI=1S/C11H20N2O6S/c1-7(14)9(11(16)17)12-10(15)8-5-3-4-6-13(8)20(2,18)19/h7-9,14H,3-6H2,1-2H3,(H,12,15)(H,16,17). The highest BCUT2D eigenvalue weighted by Crippen LogP contribution is 2.20. The van der Waals surface area contributed by atoms with Gasteiger partial charge in [0.15, 0.2) is 6.04 Å². The summed E-state index contributed by atoms with van der Waals surface area (Å²) in [6.07, 6.45) is 1.44. The second-order valence-electron chi connectivity index (χ2n) is 4.95. The van der Waals surface area contributed by atoms with Gasteiger partial charge in [-0.05, 0) is 19.8 Å². The summed E-state index contributed by atoms with van der Waals surface area (Å²) in [4.78, 5) is 23.0. The van der Waals surface area contributed by atoms with Crippen LogP contribution in [0.15, 0.2) is 0 Å². The van der Waals surface area contributed by atoms with Crippen LogP contribution in [0.4, 0.5) is 0 Å². The number of aliphatic hydroxyl groups excluding tert-OH is 1. The molecule has 9 heteroatoms. The third-order valence-corrected chi connectivity index (χ3v) is 4.52. The molecule has 1 aliphatic heterocycles. The molecule has 3 unspecified atom stereocenters. The molecule has 0 aromatic rings. The molecule has 0 radical (unpaired) electrons. The highest BCUT2D eigenvalue weighted by Gasteiger charge is 2.36. The quantitative estimate of drug-likeness (QED) is 0.583. The first-order chi connectivity index (χ1) is 9.14. The number of rotatable bonds is 5. The Kier molecular flexibility index (Phi) is 5.49. The summed E-state index contributed by atoms with van der Waals surface area (Å²) in [7, 11) is -3.53. The van der Waals surface area contributed by atoms with E-state index in [0.717, 1.165) is 10.6 Å². The summed E-state index contributed by atoms with van der Waals surface area (Å²) in [5.74, 6) is -2.06. The summed E-state index contributed by atoms with van der Waals surface area (Å²) < 4.78 is 24.3. The number of hydrogen-bond acceptors (Lipinski definition) is 5. The van der Waals surface area contributed by atoms with E-state index >= 15 is 0 Å². The van der Waals surface area contributed by atoms with Crippen molar-refractivity contribution in [2.24, 2.45) is 0 Å². The van der Waals surface area contributed by atoms with Crippen molar-refractivity contribution in [2.45, 2.75) is 44.4 Å². The van der Waals surface area contributed by atoms with Crippen LogP contribution in [0.3, 0.4) is 0 Å². The summed E-state index contributed by atoms with van der Waals surface area (Å²) in [6, 6.07) is -2.37. The normalized spacial score (nSPS) is 23.9. The molecule has 0 spiro atoms. The molecule has 8 nitrogen and oxygen atoms in total. The van der Waals surface area contributed by atoms with Gasteiger partial charge in [0.1, 0.15) is 6.04 Å². The third-order valence-electron chi connectivity index (χ3n) is 3.23. The second-order valence-corrected chi connectivity index (χ2v) is 6.89. The zero-order chi connectivity index (χ0) is 15.5. The first kappa shape index (κ1) is 16.9. The molecule has 1 fully saturated rings. The number of sulfonamides is 1. The highest BCUT2D eigenvalue weighted by molar-refractivity contribution is 7.88. The van der Waals surface area contributed by atoms with Crippen molar-refractivity contribution in [2.75, 3.05) is 12.8 Å². The van der Waals surface area contributed by atoms with Crippen molar-refractivity contribution in [1.29, 1.82) is 0 Å². The van der Waals surface area contributed by atoms with Gasteiger partial charge in [0.25, 0.3) is 0 Å². The van der Waals surface area contributed by atoms with Gasteiger partial charge in [0.2, 0.25) is 15.9 Å². The number of amides is 1. The lowest BCUT2D eigenvalue weighted by Crippen LogP contribution is -2.56. The Morgan fingerprint density at radius 2 is 1.95 bits per heavy atom. The van der Waals surface area contributed by atoms with E-state index in [1.54, 1.807) is 0 Å². The molecule has 116 valence electrons. The van der Waals surface area contributed by atoms with Gasteiger partial charge in [-0.1, -0.05) is 6.42 Å². The van der Waals surface area contributed by atoms with E-state index in [-0.39, 0.29) is 6.54 Å². The van der Waals surface area contributed by atoms with Gasteiger partial charge >= 0.3 is 5.97 Å². The minimum Gasteiger partial charge on any atom is -0.480 e. The van der Waals surface area contributed by atoms with Crippen LogP contribution in [0.5, 0.6) is 0 Å². The van der Waals surface area contributed by atoms with Crippen LogP contribution < -0.4 is 5.32 Å². The summed E-state index contributed by atoms with van der Waals surface area (Å²) >= 11 is 0. The molecule has 0 bridgehead atoms. The topological polar surface area (TPSA) is 124 Å². The zero-order valence-electron chi connectivity index (χ0n) is 11.4. The molecule has 0 aromatic carbocycles. The molecule has 0 aliphatic carbocycles. The largest absolute Gasteiger partial charge is 0.480 e. The molecular formula is C11H20N2O6S. The molecule has 1 aliphatic rings. The Labute approximate surface area is 117 Å². The van der Waals surface area contributed by atoms with E-state index in [2.05, 4.69) is 5.32 Å². The lowest BCUT2D eigenvalue weighted by Gasteiger charge is -2.33. The molecule has 0 aromatic heterocycles. The average molecular weight is 308 g/mol. The maximum Gasteiger partial charge on any atom is 0.328 e. The Hall–Kier alpha value is -1.19. The summed E-state index contributed by atoms with van der Waals surface area (Å²) in [5, 5.41) is 20.4. The fraction of sp³-hybridized carbons (Fsp3) is 0.818. The maximum absolute atomic E-state index is 12.1. The Bertz CT molecular complexity index is 475. The van der Waals surface area contributed by atoms with Crippen LogP contribution in [0.2, 0.25) is 0 Å². The van der Waals surface area contributed by atoms with E-state index in [1.807, 2.05) is 0 Å². The predicted octanol–water partition coefficient (Wildman–Crippen LogP) is -1.25. The van der Waals surface area contributed by atoms with Crippen LogP contribution in [-0.2, 0) is 19.6 Å². The van der Waals surface area contributed by atoms with Crippen molar-refractivity contribution < 1.29 is 28.2 Å². The molecule has 1 heterocycles. The van der Waals surface area contributed by atoms with Crippen LogP contribution >= 0.6 is 0 Å². The fourth-order valence-electron chi connectivity index (χ4n) is 2.20. The van der Waals surface area contributed by atoms with Gasteiger partial charge in [-0.3, -0.25) is 4.79 Å². The molecule has 0 saturated carbocycles. The van der Waals surface area contributed by atoms with E-state index in [4.69, 9.17) is 5.11 Å². The highest BCUT2D eigenvalue weighted by atomic mass is 32.2. The SMILES string of the molecule is CC(O)C(NC(=O)C1CCCCN1S(C)(=O)=O)C(=O)O. The predicted molar refractivity (Wildman–Crippen MR) is 70.4 cm³/mol. The maximum atomic E-state index is 12.1. The first-order valence-corrected chi connectivity index (χ1v) is 8.17.